The Morgan fingerprint density at radius 3 is 2.41 bits per heavy atom. The predicted octanol–water partition coefficient (Wildman–Crippen LogP) is 3.10. The highest BCUT2D eigenvalue weighted by Crippen LogP contribution is 2.22. The summed E-state index contributed by atoms with van der Waals surface area (Å²) in [6.45, 7) is 4.23. The Labute approximate surface area is 161 Å². The minimum atomic E-state index is -0.379. The van der Waals surface area contributed by atoms with E-state index in [4.69, 9.17) is 11.6 Å². The molecule has 0 saturated carbocycles. The Kier molecular flexibility index (Phi) is 5.27. The molecule has 0 fully saturated rings. The number of hydrogen-bond acceptors (Lipinski definition) is 4. The van der Waals surface area contributed by atoms with Gasteiger partial charge in [-0.05, 0) is 38.1 Å². The number of aromatic nitrogens is 4. The Bertz CT molecular complexity index is 1010. The molecule has 0 aliphatic carbocycles. The van der Waals surface area contributed by atoms with Gasteiger partial charge in [0.15, 0.2) is 0 Å². The molecule has 3 aromatic rings. The third-order valence-electron chi connectivity index (χ3n) is 3.99. The zero-order chi connectivity index (χ0) is 19.6. The van der Waals surface area contributed by atoms with Gasteiger partial charge in [0.05, 0.1) is 10.7 Å². The van der Waals surface area contributed by atoms with Gasteiger partial charge < -0.3 is 10.6 Å². The largest absolute Gasteiger partial charge is 0.321 e. The molecule has 0 aliphatic heterocycles. The molecule has 9 heteroatoms. The fraction of sp³-hybridized carbons (Fsp3) is 0.222. The maximum Gasteiger partial charge on any atom is 0.275 e. The monoisotopic (exact) mass is 386 g/mol. The fourth-order valence-corrected chi connectivity index (χ4v) is 2.96. The molecule has 2 aromatic heterocycles. The second-order valence-corrected chi connectivity index (χ2v) is 6.27. The number of aryl methyl sites for hydroxylation is 3. The zero-order valence-electron chi connectivity index (χ0n) is 15.2. The quantitative estimate of drug-likeness (QED) is 0.704. The molecule has 1 aromatic carbocycles. The molecule has 0 spiro atoms. The molecule has 27 heavy (non-hydrogen) atoms. The molecule has 0 bridgehead atoms. The van der Waals surface area contributed by atoms with Crippen molar-refractivity contribution in [1.29, 1.82) is 0 Å². The van der Waals surface area contributed by atoms with E-state index < -0.39 is 0 Å². The van der Waals surface area contributed by atoms with Crippen LogP contribution in [0.25, 0.3) is 0 Å². The molecule has 0 unspecified atom stereocenters. The van der Waals surface area contributed by atoms with Crippen molar-refractivity contribution in [2.45, 2.75) is 20.4 Å². The van der Waals surface area contributed by atoms with Gasteiger partial charge in [-0.1, -0.05) is 17.7 Å². The molecular weight excluding hydrogens is 368 g/mol. The first-order valence-electron chi connectivity index (χ1n) is 8.34. The molecule has 8 nitrogen and oxygen atoms in total. The first kappa shape index (κ1) is 18.7. The first-order chi connectivity index (χ1) is 12.9. The fourth-order valence-electron chi connectivity index (χ4n) is 2.72. The van der Waals surface area contributed by atoms with Crippen LogP contribution in [-0.2, 0) is 13.6 Å². The highest BCUT2D eigenvalue weighted by atomic mass is 35.5. The molecule has 2 heterocycles. The van der Waals surface area contributed by atoms with Gasteiger partial charge in [0.25, 0.3) is 11.8 Å². The SMILES string of the molecule is CCn1nccc1C(=O)Nc1cccc(NC(=O)c2c(Cl)c(C)nn2C)c1. The summed E-state index contributed by atoms with van der Waals surface area (Å²) in [6.07, 6.45) is 1.58. The van der Waals surface area contributed by atoms with E-state index in [9.17, 15) is 9.59 Å². The number of nitrogens with one attached hydrogen (secondary N) is 2. The lowest BCUT2D eigenvalue weighted by atomic mass is 10.2. The molecule has 0 saturated heterocycles. The number of carbonyl (C=O) groups is 2. The van der Waals surface area contributed by atoms with Crippen LogP contribution >= 0.6 is 11.6 Å². The Morgan fingerprint density at radius 2 is 1.81 bits per heavy atom. The van der Waals surface area contributed by atoms with Crippen molar-refractivity contribution in [3.05, 3.63) is 58.6 Å². The van der Waals surface area contributed by atoms with E-state index in [2.05, 4.69) is 20.8 Å². The summed E-state index contributed by atoms with van der Waals surface area (Å²) < 4.78 is 3.04. The molecule has 140 valence electrons. The van der Waals surface area contributed by atoms with Crippen LogP contribution in [0.15, 0.2) is 36.5 Å². The summed E-state index contributed by atoms with van der Waals surface area (Å²) in [5.74, 6) is -0.654. The molecule has 0 radical (unpaired) electrons. The standard InChI is InChI=1S/C18H19ClN6O2/c1-4-25-14(8-9-20-25)17(26)21-12-6-5-7-13(10-12)22-18(27)16-15(19)11(2)23-24(16)3/h5-10H,4H2,1-3H3,(H,21,26)(H,22,27). The van der Waals surface area contributed by atoms with E-state index in [0.29, 0.717) is 34.3 Å². The maximum atomic E-state index is 12.5. The third-order valence-corrected chi connectivity index (χ3v) is 4.44. The molecular formula is C18H19ClN6O2. The van der Waals surface area contributed by atoms with E-state index in [1.54, 1.807) is 55.2 Å². The summed E-state index contributed by atoms with van der Waals surface area (Å²) in [5, 5.41) is 14.1. The van der Waals surface area contributed by atoms with E-state index in [1.807, 2.05) is 6.92 Å². The van der Waals surface area contributed by atoms with Gasteiger partial charge in [-0.15, -0.1) is 0 Å². The van der Waals surface area contributed by atoms with E-state index in [0.717, 1.165) is 0 Å². The van der Waals surface area contributed by atoms with Crippen LogP contribution in [0.5, 0.6) is 0 Å². The van der Waals surface area contributed by atoms with Crippen molar-refractivity contribution in [2.75, 3.05) is 10.6 Å². The van der Waals surface area contributed by atoms with Gasteiger partial charge in [-0.25, -0.2) is 0 Å². The van der Waals surface area contributed by atoms with Crippen LogP contribution in [0.4, 0.5) is 11.4 Å². The van der Waals surface area contributed by atoms with Crippen LogP contribution in [0.3, 0.4) is 0 Å². The van der Waals surface area contributed by atoms with Crippen molar-refractivity contribution in [2.24, 2.45) is 7.05 Å². The summed E-state index contributed by atoms with van der Waals surface area (Å²) in [7, 11) is 1.65. The minimum absolute atomic E-state index is 0.274. The van der Waals surface area contributed by atoms with Gasteiger partial charge in [-0.3, -0.25) is 19.0 Å². The lowest BCUT2D eigenvalue weighted by molar-refractivity contribution is 0.101. The summed E-state index contributed by atoms with van der Waals surface area (Å²) in [5.41, 5.74) is 2.39. The lowest BCUT2D eigenvalue weighted by Gasteiger charge is -2.10. The first-order valence-corrected chi connectivity index (χ1v) is 8.72. The minimum Gasteiger partial charge on any atom is -0.321 e. The number of rotatable bonds is 5. The van der Waals surface area contributed by atoms with Crippen molar-refractivity contribution in [3.63, 3.8) is 0 Å². The zero-order valence-corrected chi connectivity index (χ0v) is 15.9. The predicted molar refractivity (Wildman–Crippen MR) is 103 cm³/mol. The van der Waals surface area contributed by atoms with Gasteiger partial charge >= 0.3 is 0 Å². The highest BCUT2D eigenvalue weighted by Gasteiger charge is 2.19. The molecule has 2 amide bonds. The molecule has 0 aliphatic rings. The normalized spacial score (nSPS) is 10.7. The van der Waals surface area contributed by atoms with Crippen molar-refractivity contribution in [1.82, 2.24) is 19.6 Å². The van der Waals surface area contributed by atoms with Crippen LogP contribution in [-0.4, -0.2) is 31.4 Å². The van der Waals surface area contributed by atoms with Crippen LogP contribution in [0, 0.1) is 6.92 Å². The third kappa shape index (κ3) is 3.85. The second-order valence-electron chi connectivity index (χ2n) is 5.89. The number of amides is 2. The average molecular weight is 387 g/mol. The van der Waals surface area contributed by atoms with Crippen molar-refractivity contribution < 1.29 is 9.59 Å². The lowest BCUT2D eigenvalue weighted by Crippen LogP contribution is -2.18. The van der Waals surface area contributed by atoms with Gasteiger partial charge in [0.1, 0.15) is 11.4 Å². The van der Waals surface area contributed by atoms with Crippen LogP contribution in [0.1, 0.15) is 33.6 Å². The summed E-state index contributed by atoms with van der Waals surface area (Å²) in [6, 6.07) is 8.51. The number of anilines is 2. The average Bonchev–Trinajstić information content (AvgIpc) is 3.19. The van der Waals surface area contributed by atoms with Gasteiger partial charge in [0, 0.05) is 31.2 Å². The number of carbonyl (C=O) groups excluding carboxylic acids is 2. The van der Waals surface area contributed by atoms with Crippen molar-refractivity contribution in [3.8, 4) is 0 Å². The number of halogens is 1. The van der Waals surface area contributed by atoms with Crippen LogP contribution < -0.4 is 10.6 Å². The highest BCUT2D eigenvalue weighted by molar-refractivity contribution is 6.34. The summed E-state index contributed by atoms with van der Waals surface area (Å²) >= 11 is 6.15. The topological polar surface area (TPSA) is 93.8 Å². The van der Waals surface area contributed by atoms with E-state index >= 15 is 0 Å². The Hall–Kier alpha value is -3.13. The van der Waals surface area contributed by atoms with E-state index in [1.165, 1.54) is 4.68 Å². The van der Waals surface area contributed by atoms with Crippen molar-refractivity contribution >= 4 is 34.8 Å². The van der Waals surface area contributed by atoms with Gasteiger partial charge in [0.2, 0.25) is 0 Å². The van der Waals surface area contributed by atoms with Gasteiger partial charge in [-0.2, -0.15) is 10.2 Å². The van der Waals surface area contributed by atoms with Crippen LogP contribution in [0.2, 0.25) is 5.02 Å². The molecule has 3 rings (SSSR count). The number of hydrogen-bond donors (Lipinski definition) is 2. The second kappa shape index (κ2) is 7.63. The maximum absolute atomic E-state index is 12.5. The molecule has 2 N–H and O–H groups in total. The Balaban J connectivity index is 1.76. The smallest absolute Gasteiger partial charge is 0.275 e. The van der Waals surface area contributed by atoms with E-state index in [-0.39, 0.29) is 17.5 Å². The Morgan fingerprint density at radius 1 is 1.15 bits per heavy atom. The summed E-state index contributed by atoms with van der Waals surface area (Å²) in [4.78, 5) is 24.9. The molecule has 0 atom stereocenters. The number of nitrogens with zero attached hydrogens (tertiary/aromatic N) is 4. The number of benzene rings is 1.